The molecule has 0 aliphatic carbocycles. The van der Waals surface area contributed by atoms with Gasteiger partial charge in [0.25, 0.3) is 0 Å². The first kappa shape index (κ1) is 21.6. The van der Waals surface area contributed by atoms with Crippen LogP contribution in [0.1, 0.15) is 5.56 Å². The van der Waals surface area contributed by atoms with Gasteiger partial charge in [0.15, 0.2) is 17.6 Å². The highest BCUT2D eigenvalue weighted by Crippen LogP contribution is 2.24. The summed E-state index contributed by atoms with van der Waals surface area (Å²) in [5, 5.41) is 11.4. The molecule has 0 aliphatic rings. The molecule has 3 aromatic rings. The fourth-order valence-corrected chi connectivity index (χ4v) is 3.30. The van der Waals surface area contributed by atoms with Crippen molar-refractivity contribution in [2.75, 3.05) is 18.9 Å². The van der Waals surface area contributed by atoms with Crippen molar-refractivity contribution in [1.82, 2.24) is 25.1 Å². The molecular weight excluding hydrogens is 419 g/mol. The summed E-state index contributed by atoms with van der Waals surface area (Å²) in [5.74, 6) is 1.02. The minimum Gasteiger partial charge on any atom is -0.440 e. The molecule has 0 fully saturated rings. The highest BCUT2D eigenvalue weighted by molar-refractivity contribution is 7.99. The number of alkyl carbamates (subject to hydrolysis) is 1. The third-order valence-corrected chi connectivity index (χ3v) is 4.76. The van der Waals surface area contributed by atoms with E-state index in [1.165, 1.54) is 11.8 Å². The minimum atomic E-state index is -4.55. The number of nitrogens with one attached hydrogen (secondary N) is 1. The Labute approximate surface area is 174 Å². The van der Waals surface area contributed by atoms with Gasteiger partial charge in [-0.3, -0.25) is 9.55 Å². The van der Waals surface area contributed by atoms with E-state index in [4.69, 9.17) is 0 Å². The normalized spacial score (nSPS) is 11.3. The van der Waals surface area contributed by atoms with Crippen LogP contribution in [0, 0.1) is 0 Å². The van der Waals surface area contributed by atoms with Crippen LogP contribution < -0.4 is 5.32 Å². The number of nitrogens with zero attached hydrogens (tertiary/aromatic N) is 4. The van der Waals surface area contributed by atoms with Gasteiger partial charge in [-0.15, -0.1) is 10.2 Å². The summed E-state index contributed by atoms with van der Waals surface area (Å²) in [6, 6.07) is 13.5. The molecular formula is C19H18F3N5O2S. The summed E-state index contributed by atoms with van der Waals surface area (Å²) in [4.78, 5) is 15.4. The van der Waals surface area contributed by atoms with Gasteiger partial charge in [0.2, 0.25) is 0 Å². The van der Waals surface area contributed by atoms with E-state index < -0.39 is 18.9 Å². The van der Waals surface area contributed by atoms with Crippen molar-refractivity contribution in [2.45, 2.75) is 17.9 Å². The van der Waals surface area contributed by atoms with Crippen molar-refractivity contribution in [3.8, 4) is 11.4 Å². The van der Waals surface area contributed by atoms with Crippen LogP contribution in [-0.4, -0.2) is 50.9 Å². The van der Waals surface area contributed by atoms with Crippen molar-refractivity contribution >= 4 is 17.9 Å². The first-order valence-corrected chi connectivity index (χ1v) is 9.88. The van der Waals surface area contributed by atoms with Crippen molar-refractivity contribution < 1.29 is 22.7 Å². The maximum atomic E-state index is 12.1. The molecule has 2 heterocycles. The van der Waals surface area contributed by atoms with E-state index in [-0.39, 0.29) is 6.54 Å². The lowest BCUT2D eigenvalue weighted by molar-refractivity contribution is -0.160. The molecule has 0 saturated heterocycles. The van der Waals surface area contributed by atoms with Gasteiger partial charge in [0.1, 0.15) is 0 Å². The second-order valence-electron chi connectivity index (χ2n) is 6.09. The number of ether oxygens (including phenoxy) is 1. The number of alkyl halides is 3. The van der Waals surface area contributed by atoms with Crippen LogP contribution in [0.5, 0.6) is 0 Å². The van der Waals surface area contributed by atoms with Gasteiger partial charge >= 0.3 is 12.3 Å². The molecule has 0 aliphatic heterocycles. The predicted octanol–water partition coefficient (Wildman–Crippen LogP) is 3.77. The average molecular weight is 437 g/mol. The van der Waals surface area contributed by atoms with Crippen molar-refractivity contribution in [3.63, 3.8) is 0 Å². The number of amides is 1. The topological polar surface area (TPSA) is 81.9 Å². The second kappa shape index (κ2) is 10.1. The average Bonchev–Trinajstić information content (AvgIpc) is 3.13. The molecule has 158 valence electrons. The molecule has 1 aromatic carbocycles. The second-order valence-corrected chi connectivity index (χ2v) is 7.15. The van der Waals surface area contributed by atoms with Gasteiger partial charge in [-0.05, 0) is 17.7 Å². The fourth-order valence-electron chi connectivity index (χ4n) is 2.51. The Bertz CT molecular complexity index is 952. The number of thioether (sulfide) groups is 1. The Kier molecular flexibility index (Phi) is 7.28. The van der Waals surface area contributed by atoms with Crippen LogP contribution in [-0.2, 0) is 11.3 Å². The lowest BCUT2D eigenvalue weighted by atomic mass is 10.2. The smallest absolute Gasteiger partial charge is 0.422 e. The van der Waals surface area contributed by atoms with Gasteiger partial charge in [-0.1, -0.05) is 42.1 Å². The zero-order valence-corrected chi connectivity index (χ0v) is 16.5. The lowest BCUT2D eigenvalue weighted by Gasteiger charge is -2.11. The fraction of sp³-hybridized carbons (Fsp3) is 0.263. The Hall–Kier alpha value is -3.08. The predicted molar refractivity (Wildman–Crippen MR) is 105 cm³/mol. The van der Waals surface area contributed by atoms with Gasteiger partial charge in [-0.25, -0.2) is 4.79 Å². The standard InChI is InChI=1S/C19H18F3N5O2S/c20-19(21,22)13-29-18(28)24-9-10-30-17-26-25-16(15-7-4-8-23-11-15)27(17)12-14-5-2-1-3-6-14/h1-8,11H,9-10,12-13H2,(H,24,28). The van der Waals surface area contributed by atoms with E-state index in [9.17, 15) is 18.0 Å². The van der Waals surface area contributed by atoms with Crippen molar-refractivity contribution in [2.24, 2.45) is 0 Å². The molecule has 0 unspecified atom stereocenters. The Balaban J connectivity index is 1.64. The first-order valence-electron chi connectivity index (χ1n) is 8.90. The van der Waals surface area contributed by atoms with Gasteiger partial charge < -0.3 is 10.1 Å². The van der Waals surface area contributed by atoms with Gasteiger partial charge in [0.05, 0.1) is 6.54 Å². The molecule has 2 aromatic heterocycles. The number of halogens is 3. The largest absolute Gasteiger partial charge is 0.440 e. The highest BCUT2D eigenvalue weighted by atomic mass is 32.2. The quantitative estimate of drug-likeness (QED) is 0.427. The third-order valence-electron chi connectivity index (χ3n) is 3.79. The van der Waals surface area contributed by atoms with E-state index in [0.717, 1.165) is 11.1 Å². The number of rotatable bonds is 8. The Morgan fingerprint density at radius 3 is 2.63 bits per heavy atom. The van der Waals surface area contributed by atoms with E-state index in [1.54, 1.807) is 18.5 Å². The van der Waals surface area contributed by atoms with E-state index >= 15 is 0 Å². The highest BCUT2D eigenvalue weighted by Gasteiger charge is 2.29. The van der Waals surface area contributed by atoms with Crippen LogP contribution >= 0.6 is 11.8 Å². The number of hydrogen-bond donors (Lipinski definition) is 1. The Morgan fingerprint density at radius 1 is 1.13 bits per heavy atom. The molecule has 7 nitrogen and oxygen atoms in total. The SMILES string of the molecule is O=C(NCCSc1nnc(-c2cccnc2)n1Cc1ccccc1)OCC(F)(F)F. The van der Waals surface area contributed by atoms with Crippen LogP contribution in [0.15, 0.2) is 60.0 Å². The van der Waals surface area contributed by atoms with Crippen LogP contribution in [0.2, 0.25) is 0 Å². The van der Waals surface area contributed by atoms with Crippen LogP contribution in [0.3, 0.4) is 0 Å². The summed E-state index contributed by atoms with van der Waals surface area (Å²) in [6.45, 7) is -0.977. The molecule has 0 atom stereocenters. The summed E-state index contributed by atoms with van der Waals surface area (Å²) < 4.78 is 42.2. The molecule has 1 N–H and O–H groups in total. The van der Waals surface area contributed by atoms with Gasteiger partial charge in [-0.2, -0.15) is 13.2 Å². The maximum Gasteiger partial charge on any atom is 0.422 e. The van der Waals surface area contributed by atoms with Gasteiger partial charge in [0, 0.05) is 30.3 Å². The number of benzene rings is 1. The van der Waals surface area contributed by atoms with Crippen molar-refractivity contribution in [1.29, 1.82) is 0 Å². The van der Waals surface area contributed by atoms with Crippen LogP contribution in [0.4, 0.5) is 18.0 Å². The summed E-state index contributed by atoms with van der Waals surface area (Å²) in [6.07, 6.45) is -2.31. The third kappa shape index (κ3) is 6.48. The van der Waals surface area contributed by atoms with Crippen molar-refractivity contribution in [3.05, 3.63) is 60.4 Å². The molecule has 1 amide bonds. The number of aromatic nitrogens is 4. The Morgan fingerprint density at radius 2 is 1.93 bits per heavy atom. The monoisotopic (exact) mass is 437 g/mol. The van der Waals surface area contributed by atoms with E-state index in [2.05, 4.69) is 25.2 Å². The number of pyridine rings is 1. The molecule has 30 heavy (non-hydrogen) atoms. The molecule has 3 rings (SSSR count). The summed E-state index contributed by atoms with van der Waals surface area (Å²) in [5.41, 5.74) is 1.86. The number of carbonyl (C=O) groups is 1. The summed E-state index contributed by atoms with van der Waals surface area (Å²) in [7, 11) is 0. The number of hydrogen-bond acceptors (Lipinski definition) is 6. The molecule has 0 saturated carbocycles. The zero-order chi connectivity index (χ0) is 21.4. The molecule has 0 bridgehead atoms. The molecule has 0 spiro atoms. The minimum absolute atomic E-state index is 0.113. The maximum absolute atomic E-state index is 12.1. The summed E-state index contributed by atoms with van der Waals surface area (Å²) >= 11 is 1.32. The molecule has 11 heteroatoms. The zero-order valence-electron chi connectivity index (χ0n) is 15.7. The molecule has 0 radical (unpaired) electrons. The first-order chi connectivity index (χ1) is 14.4. The van der Waals surface area contributed by atoms with Crippen LogP contribution in [0.25, 0.3) is 11.4 Å². The van der Waals surface area contributed by atoms with E-state index in [1.807, 2.05) is 41.0 Å². The van der Waals surface area contributed by atoms with E-state index in [0.29, 0.717) is 23.3 Å². The lowest BCUT2D eigenvalue weighted by Crippen LogP contribution is -2.30. The number of carbonyl (C=O) groups excluding carboxylic acids is 1.